The molecule has 1 amide bonds. The van der Waals surface area contributed by atoms with Crippen molar-refractivity contribution in [2.75, 3.05) is 13.1 Å². The van der Waals surface area contributed by atoms with E-state index >= 15 is 0 Å². The van der Waals surface area contributed by atoms with Crippen molar-refractivity contribution in [2.45, 2.75) is 25.8 Å². The Morgan fingerprint density at radius 2 is 2.41 bits per heavy atom. The van der Waals surface area contributed by atoms with Gasteiger partial charge in [-0.2, -0.15) is 0 Å². The molecule has 2 N–H and O–H groups in total. The van der Waals surface area contributed by atoms with E-state index in [1.807, 2.05) is 23.6 Å². The van der Waals surface area contributed by atoms with Gasteiger partial charge in [0.15, 0.2) is 0 Å². The number of aromatic nitrogens is 2. The van der Waals surface area contributed by atoms with Crippen LogP contribution in [0.4, 0.5) is 0 Å². The van der Waals surface area contributed by atoms with Crippen molar-refractivity contribution in [1.82, 2.24) is 20.6 Å². The van der Waals surface area contributed by atoms with Crippen molar-refractivity contribution in [1.29, 1.82) is 0 Å². The summed E-state index contributed by atoms with van der Waals surface area (Å²) in [6, 6.07) is 6.02. The zero-order valence-corrected chi connectivity index (χ0v) is 13.4. The molecular formula is C16H20N4OS. The van der Waals surface area contributed by atoms with Gasteiger partial charge in [-0.25, -0.2) is 4.98 Å². The van der Waals surface area contributed by atoms with Crippen LogP contribution in [0.5, 0.6) is 0 Å². The lowest BCUT2D eigenvalue weighted by Crippen LogP contribution is -2.48. The fourth-order valence-corrected chi connectivity index (χ4v) is 3.44. The Balaban J connectivity index is 1.59. The summed E-state index contributed by atoms with van der Waals surface area (Å²) in [5.41, 5.74) is 1.66. The minimum atomic E-state index is 0.0524. The molecule has 1 saturated heterocycles. The van der Waals surface area contributed by atoms with E-state index in [2.05, 4.69) is 27.5 Å². The largest absolute Gasteiger partial charge is 0.353 e. The highest BCUT2D eigenvalue weighted by Gasteiger charge is 2.22. The Morgan fingerprint density at radius 1 is 1.50 bits per heavy atom. The Morgan fingerprint density at radius 3 is 3.18 bits per heavy atom. The van der Waals surface area contributed by atoms with Gasteiger partial charge in [-0.3, -0.25) is 9.78 Å². The third kappa shape index (κ3) is 3.69. The van der Waals surface area contributed by atoms with Crippen LogP contribution in [0.3, 0.4) is 0 Å². The molecule has 6 heteroatoms. The average molecular weight is 316 g/mol. The third-order valence-corrected chi connectivity index (χ3v) is 4.82. The van der Waals surface area contributed by atoms with Crippen LogP contribution in [0.25, 0.3) is 10.7 Å². The first-order chi connectivity index (χ1) is 10.7. The minimum absolute atomic E-state index is 0.0524. The van der Waals surface area contributed by atoms with Crippen molar-refractivity contribution in [2.24, 2.45) is 5.92 Å². The van der Waals surface area contributed by atoms with Crippen molar-refractivity contribution in [3.8, 4) is 10.7 Å². The molecule has 1 aliphatic heterocycles. The molecule has 3 heterocycles. The minimum Gasteiger partial charge on any atom is -0.353 e. The predicted molar refractivity (Wildman–Crippen MR) is 87.6 cm³/mol. The molecule has 3 rings (SSSR count). The molecule has 2 aromatic rings. The summed E-state index contributed by atoms with van der Waals surface area (Å²) in [6.07, 6.45) is 3.07. The first-order valence-corrected chi connectivity index (χ1v) is 8.46. The van der Waals surface area contributed by atoms with Gasteiger partial charge in [-0.05, 0) is 37.6 Å². The number of thiazole rings is 1. The molecule has 0 aliphatic carbocycles. The summed E-state index contributed by atoms with van der Waals surface area (Å²) in [6.45, 7) is 4.10. The number of rotatable bonds is 4. The fourth-order valence-electron chi connectivity index (χ4n) is 2.65. The van der Waals surface area contributed by atoms with E-state index in [1.165, 1.54) is 11.3 Å². The zero-order chi connectivity index (χ0) is 15.4. The van der Waals surface area contributed by atoms with Crippen LogP contribution in [0.2, 0.25) is 0 Å². The lowest BCUT2D eigenvalue weighted by atomic mass is 9.95. The van der Waals surface area contributed by atoms with Crippen LogP contribution >= 0.6 is 11.3 Å². The number of piperidine rings is 1. The van der Waals surface area contributed by atoms with E-state index in [4.69, 9.17) is 0 Å². The molecule has 0 saturated carbocycles. The molecule has 0 aromatic carbocycles. The highest BCUT2D eigenvalue weighted by atomic mass is 32.1. The summed E-state index contributed by atoms with van der Waals surface area (Å²) < 4.78 is 0. The number of hydrogen-bond acceptors (Lipinski definition) is 5. The predicted octanol–water partition coefficient (Wildman–Crippen LogP) is 1.86. The fraction of sp³-hybridized carbons (Fsp3) is 0.438. The van der Waals surface area contributed by atoms with Gasteiger partial charge < -0.3 is 10.6 Å². The Labute approximate surface area is 134 Å². The molecule has 2 unspecified atom stereocenters. The number of carbonyl (C=O) groups is 1. The molecule has 0 bridgehead atoms. The van der Waals surface area contributed by atoms with Crippen LogP contribution in [-0.2, 0) is 11.2 Å². The summed E-state index contributed by atoms with van der Waals surface area (Å²) in [7, 11) is 0. The van der Waals surface area contributed by atoms with Crippen LogP contribution in [0.1, 0.15) is 19.0 Å². The quantitative estimate of drug-likeness (QED) is 0.903. The second-order valence-corrected chi connectivity index (χ2v) is 6.54. The number of hydrogen-bond donors (Lipinski definition) is 2. The van der Waals surface area contributed by atoms with Gasteiger partial charge in [0.1, 0.15) is 5.01 Å². The van der Waals surface area contributed by atoms with E-state index in [-0.39, 0.29) is 11.9 Å². The normalized spacial score (nSPS) is 21.5. The number of carbonyl (C=O) groups excluding carboxylic acids is 1. The topological polar surface area (TPSA) is 66.9 Å². The van der Waals surface area contributed by atoms with Gasteiger partial charge in [-0.1, -0.05) is 13.0 Å². The van der Waals surface area contributed by atoms with Crippen LogP contribution in [-0.4, -0.2) is 35.0 Å². The second-order valence-electron chi connectivity index (χ2n) is 5.68. The van der Waals surface area contributed by atoms with Gasteiger partial charge in [0.25, 0.3) is 0 Å². The summed E-state index contributed by atoms with van der Waals surface area (Å²) in [5.74, 6) is 0.522. The summed E-state index contributed by atoms with van der Waals surface area (Å²) in [5, 5.41) is 9.28. The molecule has 0 radical (unpaired) electrons. The average Bonchev–Trinajstić information content (AvgIpc) is 2.99. The molecule has 1 aliphatic rings. The maximum absolute atomic E-state index is 12.2. The number of amides is 1. The Hall–Kier alpha value is -1.79. The van der Waals surface area contributed by atoms with Crippen molar-refractivity contribution < 1.29 is 4.79 Å². The molecular weight excluding hydrogens is 296 g/mol. The number of nitrogens with one attached hydrogen (secondary N) is 2. The monoisotopic (exact) mass is 316 g/mol. The lowest BCUT2D eigenvalue weighted by Gasteiger charge is -2.30. The third-order valence-electron chi connectivity index (χ3n) is 3.91. The Bertz CT molecular complexity index is 628. The molecule has 0 spiro atoms. The van der Waals surface area contributed by atoms with Gasteiger partial charge in [0.2, 0.25) is 5.91 Å². The first-order valence-electron chi connectivity index (χ1n) is 7.58. The van der Waals surface area contributed by atoms with E-state index in [0.717, 1.165) is 35.9 Å². The second kappa shape index (κ2) is 6.98. The maximum Gasteiger partial charge on any atom is 0.226 e. The van der Waals surface area contributed by atoms with Crippen molar-refractivity contribution in [3.05, 3.63) is 35.5 Å². The molecule has 2 aromatic heterocycles. The van der Waals surface area contributed by atoms with Crippen LogP contribution in [0, 0.1) is 5.92 Å². The van der Waals surface area contributed by atoms with E-state index < -0.39 is 0 Å². The Kier molecular flexibility index (Phi) is 4.80. The van der Waals surface area contributed by atoms with Gasteiger partial charge in [0, 0.05) is 17.6 Å². The van der Waals surface area contributed by atoms with Crippen molar-refractivity contribution >= 4 is 17.2 Å². The van der Waals surface area contributed by atoms with E-state index in [0.29, 0.717) is 12.3 Å². The summed E-state index contributed by atoms with van der Waals surface area (Å²) in [4.78, 5) is 21.0. The zero-order valence-electron chi connectivity index (χ0n) is 12.6. The smallest absolute Gasteiger partial charge is 0.226 e. The molecule has 1 fully saturated rings. The number of pyridine rings is 1. The maximum atomic E-state index is 12.2. The first kappa shape index (κ1) is 15.1. The highest BCUT2D eigenvalue weighted by Crippen LogP contribution is 2.21. The lowest BCUT2D eigenvalue weighted by molar-refractivity contribution is -0.121. The highest BCUT2D eigenvalue weighted by molar-refractivity contribution is 7.13. The number of nitrogens with zero attached hydrogens (tertiary/aromatic N) is 2. The molecule has 116 valence electrons. The van der Waals surface area contributed by atoms with Crippen molar-refractivity contribution in [3.63, 3.8) is 0 Å². The molecule has 2 atom stereocenters. The van der Waals surface area contributed by atoms with Crippen LogP contribution < -0.4 is 10.6 Å². The van der Waals surface area contributed by atoms with E-state index in [9.17, 15) is 4.79 Å². The molecule has 22 heavy (non-hydrogen) atoms. The van der Waals surface area contributed by atoms with Gasteiger partial charge in [0.05, 0.1) is 17.8 Å². The standard InChI is InChI=1S/C16H20N4OS/c1-11-9-17-7-5-13(11)20-15(21)8-12-10-22-16(19-12)14-4-2-3-6-18-14/h2-4,6,10-11,13,17H,5,7-9H2,1H3,(H,20,21). The van der Waals surface area contributed by atoms with E-state index in [1.54, 1.807) is 6.20 Å². The SMILES string of the molecule is CC1CNCCC1NC(=O)Cc1csc(-c2ccccn2)n1. The molecule has 5 nitrogen and oxygen atoms in total. The van der Waals surface area contributed by atoms with Gasteiger partial charge in [-0.15, -0.1) is 11.3 Å². The van der Waals surface area contributed by atoms with Crippen LogP contribution in [0.15, 0.2) is 29.8 Å². The summed E-state index contributed by atoms with van der Waals surface area (Å²) >= 11 is 1.53. The van der Waals surface area contributed by atoms with Gasteiger partial charge >= 0.3 is 0 Å².